The number of aryl methyl sites for hydroxylation is 1. The second-order valence-electron chi connectivity index (χ2n) is 6.24. The van der Waals surface area contributed by atoms with Crippen molar-refractivity contribution in [3.63, 3.8) is 0 Å². The number of oxazole rings is 1. The van der Waals surface area contributed by atoms with Crippen LogP contribution in [-0.4, -0.2) is 29.5 Å². The van der Waals surface area contributed by atoms with Crippen LogP contribution in [0.4, 0.5) is 13.2 Å². The Bertz CT molecular complexity index is 969. The topological polar surface area (TPSA) is 75.3 Å². The summed E-state index contributed by atoms with van der Waals surface area (Å²) in [7, 11) is 1.61. The van der Waals surface area contributed by atoms with E-state index >= 15 is 0 Å². The molecule has 0 saturated carbocycles. The number of guanidine groups is 1. The summed E-state index contributed by atoms with van der Waals surface area (Å²) in [5.74, 6) is 1.05. The molecule has 3 rings (SSSR count). The average molecular weight is 551 g/mol. The van der Waals surface area contributed by atoms with Crippen LogP contribution in [0.3, 0.4) is 0 Å². The number of nitrogens with one attached hydrogen (secondary N) is 2. The first-order valence-electron chi connectivity index (χ1n) is 8.82. The lowest BCUT2D eigenvalue weighted by atomic mass is 10.1. The summed E-state index contributed by atoms with van der Waals surface area (Å²) in [4.78, 5) is 12.1. The van der Waals surface area contributed by atoms with Crippen LogP contribution >= 0.6 is 35.3 Å². The van der Waals surface area contributed by atoms with Crippen LogP contribution in [0.15, 0.2) is 45.3 Å². The SMILES string of the molecule is CN=C(NCCc1nc(C(F)(F)F)cs1)NCc1coc(-c2ccc(C)cc2)n1.I. The van der Waals surface area contributed by atoms with Gasteiger partial charge in [0.2, 0.25) is 5.89 Å². The molecule has 0 amide bonds. The third-order valence-electron chi connectivity index (χ3n) is 3.98. The molecule has 2 aromatic heterocycles. The summed E-state index contributed by atoms with van der Waals surface area (Å²) < 4.78 is 43.3. The van der Waals surface area contributed by atoms with Gasteiger partial charge in [-0.2, -0.15) is 13.2 Å². The zero-order valence-corrected chi connectivity index (χ0v) is 19.4. The number of alkyl halides is 3. The summed E-state index contributed by atoms with van der Waals surface area (Å²) in [5.41, 5.74) is 1.91. The minimum atomic E-state index is -4.41. The van der Waals surface area contributed by atoms with Gasteiger partial charge in [0.1, 0.15) is 6.26 Å². The molecule has 2 N–H and O–H groups in total. The van der Waals surface area contributed by atoms with E-state index in [2.05, 4.69) is 25.6 Å². The summed E-state index contributed by atoms with van der Waals surface area (Å²) in [6, 6.07) is 7.87. The minimum absolute atomic E-state index is 0. The van der Waals surface area contributed by atoms with Gasteiger partial charge in [-0.05, 0) is 19.1 Å². The number of aliphatic imine (C=N–C) groups is 1. The highest BCUT2D eigenvalue weighted by atomic mass is 127. The Morgan fingerprint density at radius 2 is 1.90 bits per heavy atom. The summed E-state index contributed by atoms with van der Waals surface area (Å²) in [5, 5.41) is 7.58. The van der Waals surface area contributed by atoms with Crippen molar-refractivity contribution in [2.75, 3.05) is 13.6 Å². The molecule has 0 radical (unpaired) electrons. The maximum Gasteiger partial charge on any atom is 0.434 e. The summed E-state index contributed by atoms with van der Waals surface area (Å²) in [6.07, 6.45) is -2.47. The van der Waals surface area contributed by atoms with E-state index in [4.69, 9.17) is 4.42 Å². The molecule has 1 aromatic carbocycles. The van der Waals surface area contributed by atoms with Crippen molar-refractivity contribution >= 4 is 41.3 Å². The van der Waals surface area contributed by atoms with Gasteiger partial charge in [0.05, 0.1) is 17.2 Å². The van der Waals surface area contributed by atoms with Gasteiger partial charge in [-0.3, -0.25) is 4.99 Å². The monoisotopic (exact) mass is 551 g/mol. The van der Waals surface area contributed by atoms with Crippen LogP contribution in [0.1, 0.15) is 22.0 Å². The predicted octanol–water partition coefficient (Wildman–Crippen LogP) is 4.65. The third kappa shape index (κ3) is 6.69. The van der Waals surface area contributed by atoms with Crippen LogP contribution in [0, 0.1) is 6.92 Å². The first kappa shape index (κ1) is 24.1. The Morgan fingerprint density at radius 1 is 1.17 bits per heavy atom. The highest BCUT2D eigenvalue weighted by Gasteiger charge is 2.33. The molecule has 6 nitrogen and oxygen atoms in total. The van der Waals surface area contributed by atoms with Crippen LogP contribution in [0.5, 0.6) is 0 Å². The normalized spacial score (nSPS) is 11.8. The van der Waals surface area contributed by atoms with E-state index in [0.717, 1.165) is 27.8 Å². The molecular formula is C19H21F3IN5OS. The number of nitrogens with zero attached hydrogens (tertiary/aromatic N) is 3. The van der Waals surface area contributed by atoms with Crippen molar-refractivity contribution < 1.29 is 17.6 Å². The van der Waals surface area contributed by atoms with E-state index in [1.165, 1.54) is 0 Å². The molecule has 0 spiro atoms. The number of benzene rings is 1. The van der Waals surface area contributed by atoms with Gasteiger partial charge in [0.25, 0.3) is 0 Å². The van der Waals surface area contributed by atoms with Gasteiger partial charge in [-0.1, -0.05) is 17.7 Å². The predicted molar refractivity (Wildman–Crippen MR) is 121 cm³/mol. The minimum Gasteiger partial charge on any atom is -0.444 e. The summed E-state index contributed by atoms with van der Waals surface area (Å²) in [6.45, 7) is 2.81. The first-order chi connectivity index (χ1) is 13.8. The lowest BCUT2D eigenvalue weighted by molar-refractivity contribution is -0.140. The molecule has 11 heteroatoms. The fourth-order valence-electron chi connectivity index (χ4n) is 2.46. The van der Waals surface area contributed by atoms with Gasteiger partial charge >= 0.3 is 6.18 Å². The maximum absolute atomic E-state index is 12.6. The highest BCUT2D eigenvalue weighted by Crippen LogP contribution is 2.30. The second-order valence-corrected chi connectivity index (χ2v) is 7.18. The standard InChI is InChI=1S/C19H20F3N5OS.HI/c1-12-3-5-13(6-4-12)17-26-14(10-28-17)9-25-18(23-2)24-8-7-16-27-15(11-29-16)19(20,21)22;/h3-6,10-11H,7-9H2,1-2H3,(H2,23,24,25);1H. The van der Waals surface area contributed by atoms with Crippen molar-refractivity contribution in [1.29, 1.82) is 0 Å². The number of halogens is 4. The number of hydrogen-bond donors (Lipinski definition) is 2. The molecule has 0 aliphatic rings. The zero-order valence-electron chi connectivity index (χ0n) is 16.3. The van der Waals surface area contributed by atoms with Crippen LogP contribution in [0.25, 0.3) is 11.5 Å². The summed E-state index contributed by atoms with van der Waals surface area (Å²) >= 11 is 0.994. The first-order valence-corrected chi connectivity index (χ1v) is 9.70. The molecule has 0 bridgehead atoms. The molecule has 0 atom stereocenters. The van der Waals surface area contributed by atoms with E-state index in [9.17, 15) is 13.2 Å². The van der Waals surface area contributed by atoms with Crippen LogP contribution in [-0.2, 0) is 19.1 Å². The molecule has 162 valence electrons. The Morgan fingerprint density at radius 3 is 2.53 bits per heavy atom. The molecular weight excluding hydrogens is 530 g/mol. The van der Waals surface area contributed by atoms with E-state index in [-0.39, 0.29) is 24.0 Å². The van der Waals surface area contributed by atoms with Crippen molar-refractivity contribution in [3.8, 4) is 11.5 Å². The number of hydrogen-bond acceptors (Lipinski definition) is 5. The van der Waals surface area contributed by atoms with Crippen LogP contribution < -0.4 is 10.6 Å². The lowest BCUT2D eigenvalue weighted by Crippen LogP contribution is -2.37. The van der Waals surface area contributed by atoms with E-state index < -0.39 is 11.9 Å². The van der Waals surface area contributed by atoms with E-state index in [0.29, 0.717) is 42.1 Å². The van der Waals surface area contributed by atoms with E-state index in [1.54, 1.807) is 13.3 Å². The van der Waals surface area contributed by atoms with E-state index in [1.807, 2.05) is 31.2 Å². The largest absolute Gasteiger partial charge is 0.444 e. The molecule has 3 aromatic rings. The Balaban J connectivity index is 0.00000320. The fourth-order valence-corrected chi connectivity index (χ4v) is 3.26. The lowest BCUT2D eigenvalue weighted by Gasteiger charge is -2.10. The molecule has 0 fully saturated rings. The van der Waals surface area contributed by atoms with Gasteiger partial charge in [0, 0.05) is 31.0 Å². The Labute approximate surface area is 193 Å². The van der Waals surface area contributed by atoms with Gasteiger partial charge in [-0.15, -0.1) is 35.3 Å². The third-order valence-corrected chi connectivity index (χ3v) is 4.89. The Kier molecular flexibility index (Phi) is 8.65. The smallest absolute Gasteiger partial charge is 0.434 e. The number of thiazole rings is 1. The van der Waals surface area contributed by atoms with Crippen molar-refractivity contribution in [2.24, 2.45) is 4.99 Å². The molecule has 0 aliphatic heterocycles. The van der Waals surface area contributed by atoms with Crippen molar-refractivity contribution in [3.05, 3.63) is 57.9 Å². The van der Waals surface area contributed by atoms with Gasteiger partial charge < -0.3 is 15.1 Å². The molecule has 0 aliphatic carbocycles. The quantitative estimate of drug-likeness (QED) is 0.265. The number of rotatable bonds is 6. The number of aromatic nitrogens is 2. The van der Waals surface area contributed by atoms with Gasteiger partial charge in [-0.25, -0.2) is 9.97 Å². The zero-order chi connectivity index (χ0) is 20.9. The van der Waals surface area contributed by atoms with Crippen LogP contribution in [0.2, 0.25) is 0 Å². The van der Waals surface area contributed by atoms with Gasteiger partial charge in [0.15, 0.2) is 11.7 Å². The fraction of sp³-hybridized carbons (Fsp3) is 0.316. The Hall–Kier alpha value is -2.15. The molecule has 0 saturated heterocycles. The molecule has 2 heterocycles. The highest BCUT2D eigenvalue weighted by molar-refractivity contribution is 14.0. The van der Waals surface area contributed by atoms with Crippen molar-refractivity contribution in [2.45, 2.75) is 26.1 Å². The average Bonchev–Trinajstić information content (AvgIpc) is 3.34. The molecule has 0 unspecified atom stereocenters. The maximum atomic E-state index is 12.6. The molecule has 30 heavy (non-hydrogen) atoms. The van der Waals surface area contributed by atoms with Crippen molar-refractivity contribution in [1.82, 2.24) is 20.6 Å². The second kappa shape index (κ2) is 10.8.